The number of nitrogens with one attached hydrogen (secondary N) is 2. The molecular weight excluding hydrogens is 396 g/mol. The molecule has 2 aliphatic rings. The zero-order valence-electron chi connectivity index (χ0n) is 21.1. The molecule has 6 heteroatoms. The van der Waals surface area contributed by atoms with Crippen LogP contribution in [0.1, 0.15) is 25.3 Å². The van der Waals surface area contributed by atoms with Gasteiger partial charge in [0.25, 0.3) is 0 Å². The smallest absolute Gasteiger partial charge is 0.0236 e. The second-order valence-corrected chi connectivity index (χ2v) is 10.3. The molecule has 2 aliphatic heterocycles. The second kappa shape index (κ2) is 13.6. The molecule has 2 saturated heterocycles. The summed E-state index contributed by atoms with van der Waals surface area (Å²) in [6.07, 6.45) is 3.78. The summed E-state index contributed by atoms with van der Waals surface area (Å²) in [7, 11) is 6.58. The van der Waals surface area contributed by atoms with Gasteiger partial charge in [0, 0.05) is 77.0 Å². The van der Waals surface area contributed by atoms with E-state index in [1.54, 1.807) is 0 Å². The van der Waals surface area contributed by atoms with E-state index in [9.17, 15) is 0 Å². The first-order chi connectivity index (χ1) is 15.5. The van der Waals surface area contributed by atoms with Gasteiger partial charge < -0.3 is 20.4 Å². The van der Waals surface area contributed by atoms with Crippen LogP contribution in [0.2, 0.25) is 0 Å². The van der Waals surface area contributed by atoms with Crippen molar-refractivity contribution in [2.75, 3.05) is 86.6 Å². The Balaban J connectivity index is 1.44. The van der Waals surface area contributed by atoms with E-state index in [1.807, 2.05) is 0 Å². The number of nitrogens with zero attached hydrogens (tertiary/aromatic N) is 4. The monoisotopic (exact) mass is 444 g/mol. The van der Waals surface area contributed by atoms with E-state index >= 15 is 0 Å². The second-order valence-electron chi connectivity index (χ2n) is 10.3. The highest BCUT2D eigenvalue weighted by atomic mass is 15.3. The number of hydrogen-bond donors (Lipinski definition) is 2. The van der Waals surface area contributed by atoms with Gasteiger partial charge in [0.1, 0.15) is 0 Å². The van der Waals surface area contributed by atoms with Gasteiger partial charge in [0.15, 0.2) is 0 Å². The molecule has 0 bridgehead atoms. The molecule has 0 amide bonds. The van der Waals surface area contributed by atoms with Crippen molar-refractivity contribution in [1.29, 1.82) is 0 Å². The summed E-state index contributed by atoms with van der Waals surface area (Å²) in [4.78, 5) is 10.0. The predicted octanol–water partition coefficient (Wildman–Crippen LogP) is 1.44. The van der Waals surface area contributed by atoms with Crippen molar-refractivity contribution in [3.63, 3.8) is 0 Å². The summed E-state index contributed by atoms with van der Waals surface area (Å²) in [6.45, 7) is 13.9. The van der Waals surface area contributed by atoms with Gasteiger partial charge in [-0.3, -0.25) is 9.80 Å². The number of hydrogen-bond acceptors (Lipinski definition) is 6. The SMILES string of the molecule is C[C@@H](CN[C@@H](Cc1ccccc1)CN1CCN(C)CC1)NC[C@@H]1CCCN1CCN(C)C. The summed E-state index contributed by atoms with van der Waals surface area (Å²) in [5, 5.41) is 7.75. The third kappa shape index (κ3) is 9.08. The molecule has 1 aromatic rings. The minimum Gasteiger partial charge on any atom is -0.311 e. The van der Waals surface area contributed by atoms with Crippen LogP contribution < -0.4 is 10.6 Å². The van der Waals surface area contributed by atoms with Crippen LogP contribution >= 0.6 is 0 Å². The lowest BCUT2D eigenvalue weighted by molar-refractivity contribution is 0.141. The fraction of sp³-hybridized carbons (Fsp3) is 0.769. The first kappa shape index (κ1) is 25.6. The van der Waals surface area contributed by atoms with Crippen LogP contribution in [0, 0.1) is 0 Å². The van der Waals surface area contributed by atoms with Gasteiger partial charge in [-0.1, -0.05) is 30.3 Å². The highest BCUT2D eigenvalue weighted by Gasteiger charge is 2.24. The van der Waals surface area contributed by atoms with Crippen LogP contribution in [0.5, 0.6) is 0 Å². The number of rotatable bonds is 13. The van der Waals surface area contributed by atoms with E-state index in [0.717, 1.165) is 32.6 Å². The van der Waals surface area contributed by atoms with Crippen molar-refractivity contribution in [3.8, 4) is 0 Å². The van der Waals surface area contributed by atoms with Crippen LogP contribution in [-0.4, -0.2) is 124 Å². The summed E-state index contributed by atoms with van der Waals surface area (Å²) in [5.74, 6) is 0. The first-order valence-electron chi connectivity index (χ1n) is 12.8. The highest BCUT2D eigenvalue weighted by molar-refractivity contribution is 5.16. The van der Waals surface area contributed by atoms with Crippen LogP contribution in [0.3, 0.4) is 0 Å². The Hall–Kier alpha value is -1.02. The molecule has 6 nitrogen and oxygen atoms in total. The molecule has 3 rings (SSSR count). The largest absolute Gasteiger partial charge is 0.311 e. The lowest BCUT2D eigenvalue weighted by Crippen LogP contribution is -2.52. The van der Waals surface area contributed by atoms with Gasteiger partial charge in [0.2, 0.25) is 0 Å². The average molecular weight is 445 g/mol. The van der Waals surface area contributed by atoms with Crippen molar-refractivity contribution < 1.29 is 0 Å². The lowest BCUT2D eigenvalue weighted by atomic mass is 10.0. The third-order valence-electron chi connectivity index (χ3n) is 7.15. The van der Waals surface area contributed by atoms with Crippen molar-refractivity contribution in [1.82, 2.24) is 30.2 Å². The van der Waals surface area contributed by atoms with Gasteiger partial charge in [0.05, 0.1) is 0 Å². The molecule has 2 fully saturated rings. The fourth-order valence-electron chi connectivity index (χ4n) is 4.94. The van der Waals surface area contributed by atoms with Gasteiger partial charge in [-0.25, -0.2) is 0 Å². The van der Waals surface area contributed by atoms with E-state index in [4.69, 9.17) is 0 Å². The molecule has 32 heavy (non-hydrogen) atoms. The molecule has 0 aromatic heterocycles. The van der Waals surface area contributed by atoms with Gasteiger partial charge in [-0.05, 0) is 59.4 Å². The van der Waals surface area contributed by atoms with E-state index in [0.29, 0.717) is 18.1 Å². The maximum absolute atomic E-state index is 3.92. The predicted molar refractivity (Wildman–Crippen MR) is 136 cm³/mol. The Labute approximate surface area is 197 Å². The highest BCUT2D eigenvalue weighted by Crippen LogP contribution is 2.16. The summed E-state index contributed by atoms with van der Waals surface area (Å²) in [5.41, 5.74) is 1.43. The van der Waals surface area contributed by atoms with Gasteiger partial charge in [-0.2, -0.15) is 0 Å². The zero-order chi connectivity index (χ0) is 22.8. The van der Waals surface area contributed by atoms with E-state index < -0.39 is 0 Å². The molecule has 2 N–H and O–H groups in total. The van der Waals surface area contributed by atoms with E-state index in [1.165, 1.54) is 57.7 Å². The molecule has 0 aliphatic carbocycles. The maximum Gasteiger partial charge on any atom is 0.0236 e. The number of likely N-dealkylation sites (N-methyl/N-ethyl adjacent to an activating group) is 2. The first-order valence-corrected chi connectivity index (χ1v) is 12.8. The van der Waals surface area contributed by atoms with Crippen LogP contribution in [0.4, 0.5) is 0 Å². The maximum atomic E-state index is 3.92. The molecule has 0 radical (unpaired) electrons. The molecular formula is C26H48N6. The third-order valence-corrected chi connectivity index (χ3v) is 7.15. The minimum absolute atomic E-state index is 0.483. The average Bonchev–Trinajstić information content (AvgIpc) is 3.24. The Morgan fingerprint density at radius 3 is 2.50 bits per heavy atom. The molecule has 1 aromatic carbocycles. The van der Waals surface area contributed by atoms with Crippen LogP contribution in [-0.2, 0) is 6.42 Å². The molecule has 0 spiro atoms. The molecule has 2 heterocycles. The van der Waals surface area contributed by atoms with Gasteiger partial charge >= 0.3 is 0 Å². The van der Waals surface area contributed by atoms with Crippen molar-refractivity contribution in [2.45, 2.75) is 44.3 Å². The fourth-order valence-corrected chi connectivity index (χ4v) is 4.94. The Morgan fingerprint density at radius 1 is 1.03 bits per heavy atom. The van der Waals surface area contributed by atoms with Crippen molar-refractivity contribution in [2.24, 2.45) is 0 Å². The quantitative estimate of drug-likeness (QED) is 0.480. The molecule has 182 valence electrons. The summed E-state index contributed by atoms with van der Waals surface area (Å²) >= 11 is 0. The number of likely N-dealkylation sites (tertiary alicyclic amines) is 1. The topological polar surface area (TPSA) is 37.0 Å². The Kier molecular flexibility index (Phi) is 10.9. The Bertz CT molecular complexity index is 616. The standard InChI is InChI=1S/C26H48N6/c1-23(27-21-26-11-8-12-32(26)18-13-29(2)3)20-28-25(19-24-9-6-5-7-10-24)22-31-16-14-30(4)15-17-31/h5-7,9-10,23,25-28H,8,11-22H2,1-4H3/t23-,25-,26-/m0/s1. The molecule has 0 unspecified atom stereocenters. The van der Waals surface area contributed by atoms with Crippen molar-refractivity contribution >= 4 is 0 Å². The Morgan fingerprint density at radius 2 is 1.78 bits per heavy atom. The zero-order valence-corrected chi connectivity index (χ0v) is 21.1. The minimum atomic E-state index is 0.483. The normalized spacial score (nSPS) is 23.1. The molecule has 0 saturated carbocycles. The van der Waals surface area contributed by atoms with Crippen LogP contribution in [0.15, 0.2) is 30.3 Å². The van der Waals surface area contributed by atoms with Gasteiger partial charge in [-0.15, -0.1) is 0 Å². The number of piperazine rings is 1. The lowest BCUT2D eigenvalue weighted by Gasteiger charge is -2.35. The number of benzene rings is 1. The van der Waals surface area contributed by atoms with E-state index in [2.05, 4.69) is 88.6 Å². The van der Waals surface area contributed by atoms with Crippen LogP contribution in [0.25, 0.3) is 0 Å². The summed E-state index contributed by atoms with van der Waals surface area (Å²) < 4.78 is 0. The van der Waals surface area contributed by atoms with E-state index in [-0.39, 0.29) is 0 Å². The summed E-state index contributed by atoms with van der Waals surface area (Å²) in [6, 6.07) is 12.6. The van der Waals surface area contributed by atoms with Crippen molar-refractivity contribution in [3.05, 3.63) is 35.9 Å². The molecule has 3 atom stereocenters.